The maximum absolute atomic E-state index is 13.8. The summed E-state index contributed by atoms with van der Waals surface area (Å²) in [6.07, 6.45) is 1.67. The molecule has 0 bridgehead atoms. The molecule has 0 N–H and O–H groups in total. The van der Waals surface area contributed by atoms with Gasteiger partial charge in [-0.1, -0.05) is 13.3 Å². The highest BCUT2D eigenvalue weighted by atomic mass is 79.9. The standard InChI is InChI=1S/C12H14BrClFNO3S/c1-3-4-5-16(2)12(17)8-6-11(20(14,18)19)9(13)7-10(8)15/h6-7H,3-5H2,1-2H3. The first-order valence-corrected chi connectivity index (χ1v) is 8.98. The summed E-state index contributed by atoms with van der Waals surface area (Å²) < 4.78 is 36.6. The zero-order chi connectivity index (χ0) is 15.5. The molecule has 0 heterocycles. The van der Waals surface area contributed by atoms with Crippen molar-refractivity contribution in [3.8, 4) is 0 Å². The van der Waals surface area contributed by atoms with E-state index >= 15 is 0 Å². The Bertz CT molecular complexity index is 621. The van der Waals surface area contributed by atoms with E-state index in [-0.39, 0.29) is 14.9 Å². The summed E-state index contributed by atoms with van der Waals surface area (Å²) in [6, 6.07) is 1.88. The predicted molar refractivity (Wildman–Crippen MR) is 79.0 cm³/mol. The van der Waals surface area contributed by atoms with Crippen molar-refractivity contribution in [2.24, 2.45) is 0 Å². The number of hydrogen-bond donors (Lipinski definition) is 0. The Balaban J connectivity index is 3.22. The normalized spacial score (nSPS) is 11.4. The molecule has 4 nitrogen and oxygen atoms in total. The number of carbonyl (C=O) groups is 1. The van der Waals surface area contributed by atoms with Crippen molar-refractivity contribution >= 4 is 41.6 Å². The predicted octanol–water partition coefficient (Wildman–Crippen LogP) is 3.39. The second-order valence-electron chi connectivity index (χ2n) is 4.28. The Morgan fingerprint density at radius 1 is 1.45 bits per heavy atom. The largest absolute Gasteiger partial charge is 0.342 e. The lowest BCUT2D eigenvalue weighted by Crippen LogP contribution is -2.28. The molecule has 20 heavy (non-hydrogen) atoms. The number of benzene rings is 1. The van der Waals surface area contributed by atoms with Crippen LogP contribution < -0.4 is 0 Å². The number of halogens is 3. The van der Waals surface area contributed by atoms with Gasteiger partial charge in [0, 0.05) is 28.7 Å². The quantitative estimate of drug-likeness (QED) is 0.729. The number of nitrogens with zero attached hydrogens (tertiary/aromatic N) is 1. The number of unbranched alkanes of at least 4 members (excludes halogenated alkanes) is 1. The fourth-order valence-corrected chi connectivity index (χ4v) is 3.75. The number of amides is 1. The van der Waals surface area contributed by atoms with E-state index in [9.17, 15) is 17.6 Å². The average Bonchev–Trinajstić information content (AvgIpc) is 2.33. The topological polar surface area (TPSA) is 54.5 Å². The number of hydrogen-bond acceptors (Lipinski definition) is 3. The van der Waals surface area contributed by atoms with Crippen LogP contribution in [0.1, 0.15) is 30.1 Å². The molecule has 0 aliphatic rings. The molecule has 1 aromatic carbocycles. The van der Waals surface area contributed by atoms with Crippen LogP contribution in [0.15, 0.2) is 21.5 Å². The molecule has 0 spiro atoms. The van der Waals surface area contributed by atoms with Crippen LogP contribution in [0.2, 0.25) is 0 Å². The zero-order valence-corrected chi connectivity index (χ0v) is 14.1. The highest BCUT2D eigenvalue weighted by molar-refractivity contribution is 9.10. The van der Waals surface area contributed by atoms with Gasteiger partial charge in [-0.15, -0.1) is 0 Å². The molecule has 0 radical (unpaired) electrons. The third-order valence-electron chi connectivity index (χ3n) is 2.71. The van der Waals surface area contributed by atoms with Crippen molar-refractivity contribution in [3.63, 3.8) is 0 Å². The van der Waals surface area contributed by atoms with E-state index in [4.69, 9.17) is 10.7 Å². The zero-order valence-electron chi connectivity index (χ0n) is 11.0. The van der Waals surface area contributed by atoms with E-state index in [2.05, 4.69) is 15.9 Å². The van der Waals surface area contributed by atoms with Gasteiger partial charge < -0.3 is 4.90 Å². The summed E-state index contributed by atoms with van der Waals surface area (Å²) in [7, 11) is 2.73. The monoisotopic (exact) mass is 385 g/mol. The molecule has 0 atom stereocenters. The van der Waals surface area contributed by atoms with Crippen LogP contribution in [0, 0.1) is 5.82 Å². The fourth-order valence-electron chi connectivity index (χ4n) is 1.58. The van der Waals surface area contributed by atoms with E-state index in [0.717, 1.165) is 25.0 Å². The molecule has 112 valence electrons. The fraction of sp³-hybridized carbons (Fsp3) is 0.417. The van der Waals surface area contributed by atoms with Crippen LogP contribution in [0.3, 0.4) is 0 Å². The first-order valence-electron chi connectivity index (χ1n) is 5.87. The van der Waals surface area contributed by atoms with Crippen molar-refractivity contribution in [3.05, 3.63) is 28.0 Å². The second kappa shape index (κ2) is 6.87. The molecule has 1 rings (SSSR count). The van der Waals surface area contributed by atoms with E-state index in [1.807, 2.05) is 6.92 Å². The second-order valence-corrected chi connectivity index (χ2v) is 7.67. The van der Waals surface area contributed by atoms with E-state index in [0.29, 0.717) is 6.54 Å². The Morgan fingerprint density at radius 2 is 2.05 bits per heavy atom. The Kier molecular flexibility index (Phi) is 5.97. The molecule has 8 heteroatoms. The highest BCUT2D eigenvalue weighted by Gasteiger charge is 2.23. The smallest absolute Gasteiger partial charge is 0.262 e. The maximum Gasteiger partial charge on any atom is 0.262 e. The van der Waals surface area contributed by atoms with Crippen molar-refractivity contribution in [2.75, 3.05) is 13.6 Å². The number of carbonyl (C=O) groups excluding carboxylic acids is 1. The van der Waals surface area contributed by atoms with E-state index in [1.165, 1.54) is 11.9 Å². The third-order valence-corrected chi connectivity index (χ3v) is 4.99. The van der Waals surface area contributed by atoms with Gasteiger partial charge in [0.1, 0.15) is 5.82 Å². The Morgan fingerprint density at radius 3 is 2.55 bits per heavy atom. The minimum absolute atomic E-state index is 0.0160. The van der Waals surface area contributed by atoms with Crippen LogP contribution >= 0.6 is 26.6 Å². The highest BCUT2D eigenvalue weighted by Crippen LogP contribution is 2.28. The van der Waals surface area contributed by atoms with Crippen molar-refractivity contribution in [1.82, 2.24) is 4.90 Å². The lowest BCUT2D eigenvalue weighted by atomic mass is 10.2. The molecular formula is C12H14BrClFNO3S. The first kappa shape index (κ1) is 17.4. The molecule has 1 amide bonds. The molecule has 1 aromatic rings. The van der Waals surface area contributed by atoms with Gasteiger partial charge in [-0.25, -0.2) is 12.8 Å². The molecular weight excluding hydrogens is 373 g/mol. The van der Waals surface area contributed by atoms with Gasteiger partial charge in [-0.2, -0.15) is 0 Å². The van der Waals surface area contributed by atoms with Crippen LogP contribution in [-0.4, -0.2) is 32.8 Å². The minimum Gasteiger partial charge on any atom is -0.342 e. The van der Waals surface area contributed by atoms with Crippen LogP contribution in [0.5, 0.6) is 0 Å². The van der Waals surface area contributed by atoms with Crippen LogP contribution in [-0.2, 0) is 9.05 Å². The van der Waals surface area contributed by atoms with Gasteiger partial charge in [0.25, 0.3) is 15.0 Å². The van der Waals surface area contributed by atoms with Gasteiger partial charge in [0.15, 0.2) is 0 Å². The lowest BCUT2D eigenvalue weighted by Gasteiger charge is -2.17. The molecule has 0 aromatic heterocycles. The summed E-state index contributed by atoms with van der Waals surface area (Å²) in [4.78, 5) is 13.1. The summed E-state index contributed by atoms with van der Waals surface area (Å²) in [5.41, 5.74) is -0.314. The van der Waals surface area contributed by atoms with E-state index < -0.39 is 20.8 Å². The average molecular weight is 387 g/mol. The molecule has 0 fully saturated rings. The van der Waals surface area contributed by atoms with Crippen LogP contribution in [0.25, 0.3) is 0 Å². The van der Waals surface area contributed by atoms with Crippen LogP contribution in [0.4, 0.5) is 4.39 Å². The summed E-state index contributed by atoms with van der Waals surface area (Å²) in [5, 5.41) is 0. The molecule has 0 saturated carbocycles. The van der Waals surface area contributed by atoms with Crippen molar-refractivity contribution in [2.45, 2.75) is 24.7 Å². The minimum atomic E-state index is -4.06. The SMILES string of the molecule is CCCCN(C)C(=O)c1cc(S(=O)(=O)Cl)c(Br)cc1F. The Labute approximate surface area is 130 Å². The summed E-state index contributed by atoms with van der Waals surface area (Å²) >= 11 is 2.92. The number of rotatable bonds is 5. The molecule has 0 unspecified atom stereocenters. The lowest BCUT2D eigenvalue weighted by molar-refractivity contribution is 0.0788. The molecule has 0 aliphatic heterocycles. The molecule has 0 aliphatic carbocycles. The van der Waals surface area contributed by atoms with E-state index in [1.54, 1.807) is 0 Å². The Hall–Kier alpha value is -0.660. The van der Waals surface area contributed by atoms with Gasteiger partial charge in [-0.3, -0.25) is 4.79 Å². The first-order chi connectivity index (χ1) is 9.18. The van der Waals surface area contributed by atoms with Gasteiger partial charge in [-0.05, 0) is 34.5 Å². The van der Waals surface area contributed by atoms with Gasteiger partial charge >= 0.3 is 0 Å². The van der Waals surface area contributed by atoms with Crippen molar-refractivity contribution < 1.29 is 17.6 Å². The van der Waals surface area contributed by atoms with Gasteiger partial charge in [0.05, 0.1) is 10.5 Å². The van der Waals surface area contributed by atoms with Crippen molar-refractivity contribution in [1.29, 1.82) is 0 Å². The summed E-state index contributed by atoms with van der Waals surface area (Å²) in [6.45, 7) is 2.44. The maximum atomic E-state index is 13.8. The van der Waals surface area contributed by atoms with Gasteiger partial charge in [0.2, 0.25) is 0 Å². The molecule has 0 saturated heterocycles. The summed E-state index contributed by atoms with van der Waals surface area (Å²) in [5.74, 6) is -1.38. The third kappa shape index (κ3) is 4.17.